The number of hydrogen-bond acceptors (Lipinski definition) is 3. The van der Waals surface area contributed by atoms with E-state index >= 15 is 0 Å². The second-order valence-electron chi connectivity index (χ2n) is 5.57. The van der Waals surface area contributed by atoms with E-state index < -0.39 is 0 Å². The Morgan fingerprint density at radius 1 is 1.22 bits per heavy atom. The standard InChI is InChI=1S/C15H26N2O/c1-3-12-4-6-13(7-5-12)17(2)11-15-9-8-14(10-16)18-15/h8-9,12-13H,3-7,10-11,16H2,1-2H3. The van der Waals surface area contributed by atoms with E-state index in [1.165, 1.54) is 32.1 Å². The van der Waals surface area contributed by atoms with Crippen molar-refractivity contribution in [2.75, 3.05) is 7.05 Å². The number of furan rings is 1. The fraction of sp³-hybridized carbons (Fsp3) is 0.733. The van der Waals surface area contributed by atoms with E-state index in [1.54, 1.807) is 0 Å². The van der Waals surface area contributed by atoms with Crippen LogP contribution < -0.4 is 5.73 Å². The van der Waals surface area contributed by atoms with Crippen molar-refractivity contribution in [1.82, 2.24) is 4.90 Å². The second-order valence-corrected chi connectivity index (χ2v) is 5.57. The minimum Gasteiger partial charge on any atom is -0.463 e. The first-order valence-electron chi connectivity index (χ1n) is 7.20. The summed E-state index contributed by atoms with van der Waals surface area (Å²) in [7, 11) is 2.21. The third kappa shape index (κ3) is 3.36. The van der Waals surface area contributed by atoms with Crippen molar-refractivity contribution in [3.05, 3.63) is 23.7 Å². The van der Waals surface area contributed by atoms with Gasteiger partial charge in [-0.15, -0.1) is 0 Å². The second kappa shape index (κ2) is 6.39. The smallest absolute Gasteiger partial charge is 0.118 e. The van der Waals surface area contributed by atoms with Crippen LogP contribution in [0.2, 0.25) is 0 Å². The van der Waals surface area contributed by atoms with E-state index in [1.807, 2.05) is 6.07 Å². The monoisotopic (exact) mass is 250 g/mol. The van der Waals surface area contributed by atoms with E-state index in [0.29, 0.717) is 6.54 Å². The third-order valence-corrected chi connectivity index (χ3v) is 4.34. The largest absolute Gasteiger partial charge is 0.463 e. The first-order chi connectivity index (χ1) is 8.72. The van der Waals surface area contributed by atoms with Gasteiger partial charge in [0.1, 0.15) is 11.5 Å². The Morgan fingerprint density at radius 3 is 2.44 bits per heavy atom. The van der Waals surface area contributed by atoms with Crippen LogP contribution in [-0.4, -0.2) is 18.0 Å². The molecule has 0 spiro atoms. The van der Waals surface area contributed by atoms with Gasteiger partial charge in [0, 0.05) is 6.04 Å². The number of hydrogen-bond donors (Lipinski definition) is 1. The summed E-state index contributed by atoms with van der Waals surface area (Å²) >= 11 is 0. The van der Waals surface area contributed by atoms with Gasteiger partial charge in [-0.1, -0.05) is 13.3 Å². The Morgan fingerprint density at radius 2 is 1.89 bits per heavy atom. The van der Waals surface area contributed by atoms with Crippen LogP contribution in [0, 0.1) is 5.92 Å². The van der Waals surface area contributed by atoms with Crippen LogP contribution in [0.5, 0.6) is 0 Å². The fourth-order valence-electron chi connectivity index (χ4n) is 2.99. The Balaban J connectivity index is 1.82. The van der Waals surface area contributed by atoms with Crippen molar-refractivity contribution in [3.8, 4) is 0 Å². The van der Waals surface area contributed by atoms with Crippen molar-refractivity contribution < 1.29 is 4.42 Å². The fourth-order valence-corrected chi connectivity index (χ4v) is 2.99. The van der Waals surface area contributed by atoms with Crippen LogP contribution >= 0.6 is 0 Å². The summed E-state index contributed by atoms with van der Waals surface area (Å²) in [6, 6.07) is 4.76. The van der Waals surface area contributed by atoms with Gasteiger partial charge in [0.25, 0.3) is 0 Å². The van der Waals surface area contributed by atoms with Crippen molar-refractivity contribution >= 4 is 0 Å². The van der Waals surface area contributed by atoms with E-state index in [0.717, 1.165) is 30.0 Å². The first kappa shape index (κ1) is 13.6. The Bertz CT molecular complexity index is 353. The molecular weight excluding hydrogens is 224 g/mol. The zero-order chi connectivity index (χ0) is 13.0. The number of nitrogens with two attached hydrogens (primary N) is 1. The van der Waals surface area contributed by atoms with Crippen LogP contribution in [0.25, 0.3) is 0 Å². The summed E-state index contributed by atoms with van der Waals surface area (Å²) in [6.07, 6.45) is 6.78. The molecule has 1 fully saturated rings. The third-order valence-electron chi connectivity index (χ3n) is 4.34. The van der Waals surface area contributed by atoms with Gasteiger partial charge >= 0.3 is 0 Å². The maximum atomic E-state index is 5.67. The Kier molecular flexibility index (Phi) is 4.84. The SMILES string of the molecule is CCC1CCC(N(C)Cc2ccc(CN)o2)CC1. The molecule has 1 aromatic heterocycles. The molecule has 0 saturated heterocycles. The molecule has 2 N–H and O–H groups in total. The summed E-state index contributed by atoms with van der Waals surface area (Å²) < 4.78 is 5.67. The summed E-state index contributed by atoms with van der Waals surface area (Å²) in [4.78, 5) is 2.44. The van der Waals surface area contributed by atoms with Gasteiger partial charge in [0.05, 0.1) is 13.1 Å². The van der Waals surface area contributed by atoms with Crippen LogP contribution in [0.15, 0.2) is 16.5 Å². The molecule has 1 aromatic rings. The number of nitrogens with zero attached hydrogens (tertiary/aromatic N) is 1. The summed E-state index contributed by atoms with van der Waals surface area (Å²) in [5.74, 6) is 2.88. The van der Waals surface area contributed by atoms with Crippen molar-refractivity contribution in [2.24, 2.45) is 11.7 Å². The van der Waals surface area contributed by atoms with Gasteiger partial charge in [-0.25, -0.2) is 0 Å². The highest BCUT2D eigenvalue weighted by molar-refractivity contribution is 5.06. The van der Waals surface area contributed by atoms with Gasteiger partial charge in [0.2, 0.25) is 0 Å². The number of rotatable bonds is 5. The quantitative estimate of drug-likeness (QED) is 0.873. The minimum absolute atomic E-state index is 0.491. The highest BCUT2D eigenvalue weighted by Crippen LogP contribution is 2.29. The molecule has 102 valence electrons. The lowest BCUT2D eigenvalue weighted by atomic mass is 9.84. The van der Waals surface area contributed by atoms with Gasteiger partial charge < -0.3 is 10.2 Å². The summed E-state index contributed by atoms with van der Waals surface area (Å²) in [5.41, 5.74) is 5.56. The van der Waals surface area contributed by atoms with Crippen LogP contribution in [-0.2, 0) is 13.1 Å². The molecule has 0 unspecified atom stereocenters. The van der Waals surface area contributed by atoms with Crippen LogP contribution in [0.4, 0.5) is 0 Å². The van der Waals surface area contributed by atoms with Crippen LogP contribution in [0.3, 0.4) is 0 Å². The minimum atomic E-state index is 0.491. The molecule has 0 atom stereocenters. The van der Waals surface area contributed by atoms with Crippen molar-refractivity contribution in [2.45, 2.75) is 58.2 Å². The average Bonchev–Trinajstić information content (AvgIpc) is 2.86. The maximum absolute atomic E-state index is 5.67. The highest BCUT2D eigenvalue weighted by atomic mass is 16.3. The van der Waals surface area contributed by atoms with Gasteiger partial charge in [0.15, 0.2) is 0 Å². The molecule has 0 amide bonds. The van der Waals surface area contributed by atoms with Crippen molar-refractivity contribution in [1.29, 1.82) is 0 Å². The zero-order valence-corrected chi connectivity index (χ0v) is 11.7. The molecule has 18 heavy (non-hydrogen) atoms. The maximum Gasteiger partial charge on any atom is 0.118 e. The molecule has 0 radical (unpaired) electrons. The molecule has 1 heterocycles. The van der Waals surface area contributed by atoms with Gasteiger partial charge in [-0.3, -0.25) is 4.90 Å². The molecule has 1 aliphatic carbocycles. The molecule has 3 nitrogen and oxygen atoms in total. The van der Waals surface area contributed by atoms with E-state index in [2.05, 4.69) is 24.9 Å². The summed E-state index contributed by atoms with van der Waals surface area (Å²) in [6.45, 7) is 3.71. The van der Waals surface area contributed by atoms with E-state index in [9.17, 15) is 0 Å². The Labute approximate surface area is 110 Å². The molecule has 1 saturated carbocycles. The molecule has 0 aromatic carbocycles. The Hall–Kier alpha value is -0.800. The first-order valence-corrected chi connectivity index (χ1v) is 7.20. The lowest BCUT2D eigenvalue weighted by Gasteiger charge is -2.34. The van der Waals surface area contributed by atoms with Crippen molar-refractivity contribution in [3.63, 3.8) is 0 Å². The molecule has 0 aliphatic heterocycles. The predicted molar refractivity (Wildman–Crippen MR) is 74.1 cm³/mol. The lowest BCUT2D eigenvalue weighted by molar-refractivity contribution is 0.148. The molecular formula is C15H26N2O. The van der Waals surface area contributed by atoms with Gasteiger partial charge in [-0.05, 0) is 50.8 Å². The van der Waals surface area contributed by atoms with Crippen LogP contribution in [0.1, 0.15) is 50.5 Å². The van der Waals surface area contributed by atoms with E-state index in [4.69, 9.17) is 10.2 Å². The predicted octanol–water partition coefficient (Wildman–Crippen LogP) is 3.14. The van der Waals surface area contributed by atoms with Gasteiger partial charge in [-0.2, -0.15) is 0 Å². The average molecular weight is 250 g/mol. The highest BCUT2D eigenvalue weighted by Gasteiger charge is 2.23. The topological polar surface area (TPSA) is 42.4 Å². The molecule has 2 rings (SSSR count). The normalized spacial score (nSPS) is 24.7. The molecule has 1 aliphatic rings. The summed E-state index contributed by atoms with van der Waals surface area (Å²) in [5, 5.41) is 0. The molecule has 0 bridgehead atoms. The van der Waals surface area contributed by atoms with E-state index in [-0.39, 0.29) is 0 Å². The lowest BCUT2D eigenvalue weighted by Crippen LogP contribution is -2.34. The molecule has 3 heteroatoms. The zero-order valence-electron chi connectivity index (χ0n) is 11.7.